The first-order chi connectivity index (χ1) is 8.04. The maximum absolute atomic E-state index is 13.1. The number of anilines is 1. The number of nitrogens with two attached hydrogens (primary N) is 1. The lowest BCUT2D eigenvalue weighted by molar-refractivity contribution is 0.627. The van der Waals surface area contributed by atoms with Gasteiger partial charge in [-0.1, -0.05) is 19.1 Å². The predicted molar refractivity (Wildman–Crippen MR) is 78.4 cm³/mol. The minimum atomic E-state index is -0.325. The quantitative estimate of drug-likeness (QED) is 0.781. The summed E-state index contributed by atoms with van der Waals surface area (Å²) >= 11 is 6.77. The molecule has 1 unspecified atom stereocenters. The van der Waals surface area contributed by atoms with Crippen LogP contribution in [0.1, 0.15) is 19.4 Å². The molecular formula is C12H17FN2S2. The minimum absolute atomic E-state index is 0.211. The maximum Gasteiger partial charge on any atom is 0.124 e. The van der Waals surface area contributed by atoms with Crippen molar-refractivity contribution in [2.24, 2.45) is 5.73 Å². The predicted octanol–water partition coefficient (Wildman–Crippen LogP) is 3.01. The molecule has 0 heterocycles. The first-order valence-electron chi connectivity index (χ1n) is 5.48. The Balaban J connectivity index is 2.79. The summed E-state index contributed by atoms with van der Waals surface area (Å²) in [5, 5.41) is 3.30. The third-order valence-corrected chi connectivity index (χ3v) is 3.58. The van der Waals surface area contributed by atoms with Crippen LogP contribution in [0, 0.1) is 5.82 Å². The third kappa shape index (κ3) is 4.52. The van der Waals surface area contributed by atoms with Crippen molar-refractivity contribution in [1.29, 1.82) is 0 Å². The van der Waals surface area contributed by atoms with Crippen LogP contribution in [0.15, 0.2) is 18.2 Å². The van der Waals surface area contributed by atoms with Gasteiger partial charge < -0.3 is 11.1 Å². The van der Waals surface area contributed by atoms with Gasteiger partial charge in [-0.2, -0.15) is 11.8 Å². The molecule has 0 aliphatic rings. The van der Waals surface area contributed by atoms with Crippen LogP contribution in [0.2, 0.25) is 0 Å². The Morgan fingerprint density at radius 3 is 2.88 bits per heavy atom. The van der Waals surface area contributed by atoms with Crippen LogP contribution in [0.4, 0.5) is 10.1 Å². The second-order valence-corrected chi connectivity index (χ2v) is 5.52. The molecule has 1 aromatic rings. The van der Waals surface area contributed by atoms with Gasteiger partial charge in [0, 0.05) is 23.0 Å². The molecule has 1 aromatic carbocycles. The highest BCUT2D eigenvalue weighted by atomic mass is 32.2. The van der Waals surface area contributed by atoms with Gasteiger partial charge in [0.1, 0.15) is 10.8 Å². The molecule has 1 atom stereocenters. The Labute approximate surface area is 111 Å². The number of thioether (sulfide) groups is 1. The van der Waals surface area contributed by atoms with E-state index in [1.165, 1.54) is 12.1 Å². The molecule has 0 aliphatic heterocycles. The molecule has 0 aliphatic carbocycles. The van der Waals surface area contributed by atoms with Crippen LogP contribution >= 0.6 is 24.0 Å². The average Bonchev–Trinajstić information content (AvgIpc) is 2.28. The third-order valence-electron chi connectivity index (χ3n) is 2.22. The summed E-state index contributed by atoms with van der Waals surface area (Å²) in [7, 11) is 0. The maximum atomic E-state index is 13.1. The molecule has 5 heteroatoms. The van der Waals surface area contributed by atoms with E-state index >= 15 is 0 Å². The zero-order chi connectivity index (χ0) is 12.8. The molecule has 0 amide bonds. The molecule has 0 radical (unpaired) electrons. The van der Waals surface area contributed by atoms with Gasteiger partial charge in [-0.25, -0.2) is 4.39 Å². The second kappa shape index (κ2) is 6.81. The molecule has 3 N–H and O–H groups in total. The lowest BCUT2D eigenvalue weighted by Gasteiger charge is -2.17. The molecule has 0 bridgehead atoms. The standard InChI is InChI=1S/C12H17FN2S2/c1-3-17-7-8(2)15-11-5-4-9(13)6-10(11)12(14)16/h4-6,8,15H,3,7H2,1-2H3,(H2,14,16). The summed E-state index contributed by atoms with van der Waals surface area (Å²) in [5.41, 5.74) is 6.94. The normalized spacial score (nSPS) is 12.2. The van der Waals surface area contributed by atoms with Crippen molar-refractivity contribution in [1.82, 2.24) is 0 Å². The van der Waals surface area contributed by atoms with Crippen LogP contribution < -0.4 is 11.1 Å². The van der Waals surface area contributed by atoms with E-state index in [9.17, 15) is 4.39 Å². The van der Waals surface area contributed by atoms with Crippen LogP contribution in [-0.4, -0.2) is 22.5 Å². The Morgan fingerprint density at radius 2 is 2.29 bits per heavy atom. The van der Waals surface area contributed by atoms with Crippen molar-refractivity contribution in [3.8, 4) is 0 Å². The lowest BCUT2D eigenvalue weighted by atomic mass is 10.1. The molecular weight excluding hydrogens is 255 g/mol. The van der Waals surface area contributed by atoms with Crippen molar-refractivity contribution in [2.45, 2.75) is 19.9 Å². The summed E-state index contributed by atoms with van der Waals surface area (Å²) in [4.78, 5) is 0.211. The Kier molecular flexibility index (Phi) is 5.71. The molecule has 1 rings (SSSR count). The number of benzene rings is 1. The van der Waals surface area contributed by atoms with E-state index in [0.717, 1.165) is 17.2 Å². The van der Waals surface area contributed by atoms with Crippen molar-refractivity contribution in [3.63, 3.8) is 0 Å². The van der Waals surface area contributed by atoms with Gasteiger partial charge in [-0.3, -0.25) is 0 Å². The number of thiocarbonyl (C=S) groups is 1. The Hall–Kier alpha value is -0.810. The molecule has 0 saturated carbocycles. The van der Waals surface area contributed by atoms with E-state index in [2.05, 4.69) is 19.2 Å². The highest BCUT2D eigenvalue weighted by molar-refractivity contribution is 7.99. The van der Waals surface area contributed by atoms with E-state index in [0.29, 0.717) is 11.6 Å². The first kappa shape index (κ1) is 14.3. The fourth-order valence-electron chi connectivity index (χ4n) is 1.45. The summed E-state index contributed by atoms with van der Waals surface area (Å²) in [6.45, 7) is 4.20. The van der Waals surface area contributed by atoms with Gasteiger partial charge >= 0.3 is 0 Å². The summed E-state index contributed by atoms with van der Waals surface area (Å²) in [5.74, 6) is 1.75. The summed E-state index contributed by atoms with van der Waals surface area (Å²) in [6, 6.07) is 4.74. The van der Waals surface area contributed by atoms with Gasteiger partial charge in [0.15, 0.2) is 0 Å². The van der Waals surface area contributed by atoms with Crippen LogP contribution in [-0.2, 0) is 0 Å². The van der Waals surface area contributed by atoms with Crippen molar-refractivity contribution in [2.75, 3.05) is 16.8 Å². The number of hydrogen-bond donors (Lipinski definition) is 2. The molecule has 17 heavy (non-hydrogen) atoms. The van der Waals surface area contributed by atoms with Crippen LogP contribution in [0.5, 0.6) is 0 Å². The Morgan fingerprint density at radius 1 is 1.59 bits per heavy atom. The molecule has 0 fully saturated rings. The molecule has 0 aromatic heterocycles. The first-order valence-corrected chi connectivity index (χ1v) is 7.04. The fraction of sp³-hybridized carbons (Fsp3) is 0.417. The average molecular weight is 272 g/mol. The zero-order valence-corrected chi connectivity index (χ0v) is 11.6. The van der Waals surface area contributed by atoms with Crippen molar-refractivity contribution < 1.29 is 4.39 Å². The van der Waals surface area contributed by atoms with E-state index < -0.39 is 0 Å². The molecule has 0 saturated heterocycles. The van der Waals surface area contributed by atoms with Crippen LogP contribution in [0.3, 0.4) is 0 Å². The van der Waals surface area contributed by atoms with E-state index in [-0.39, 0.29) is 10.8 Å². The SMILES string of the molecule is CCSCC(C)Nc1ccc(F)cc1C(N)=S. The summed E-state index contributed by atoms with van der Waals surface area (Å²) < 4.78 is 13.1. The van der Waals surface area contributed by atoms with Gasteiger partial charge in [-0.15, -0.1) is 0 Å². The van der Waals surface area contributed by atoms with Crippen LogP contribution in [0.25, 0.3) is 0 Å². The topological polar surface area (TPSA) is 38.0 Å². The smallest absolute Gasteiger partial charge is 0.124 e. The second-order valence-electron chi connectivity index (χ2n) is 3.76. The fourth-order valence-corrected chi connectivity index (χ4v) is 2.29. The zero-order valence-electron chi connectivity index (χ0n) is 10.00. The monoisotopic (exact) mass is 272 g/mol. The van der Waals surface area contributed by atoms with E-state index in [1.807, 2.05) is 11.8 Å². The van der Waals surface area contributed by atoms with E-state index in [1.54, 1.807) is 6.07 Å². The van der Waals surface area contributed by atoms with Gasteiger partial charge in [0.2, 0.25) is 0 Å². The number of hydrogen-bond acceptors (Lipinski definition) is 3. The number of halogens is 1. The highest BCUT2D eigenvalue weighted by Crippen LogP contribution is 2.19. The largest absolute Gasteiger partial charge is 0.389 e. The van der Waals surface area contributed by atoms with Crippen molar-refractivity contribution in [3.05, 3.63) is 29.6 Å². The van der Waals surface area contributed by atoms with Gasteiger partial charge in [0.05, 0.1) is 0 Å². The van der Waals surface area contributed by atoms with E-state index in [4.69, 9.17) is 18.0 Å². The minimum Gasteiger partial charge on any atom is -0.389 e. The Bertz CT molecular complexity index is 396. The molecule has 94 valence electrons. The number of nitrogens with one attached hydrogen (secondary N) is 1. The number of rotatable bonds is 6. The molecule has 2 nitrogen and oxygen atoms in total. The van der Waals surface area contributed by atoms with Gasteiger partial charge in [0.25, 0.3) is 0 Å². The summed E-state index contributed by atoms with van der Waals surface area (Å²) in [6.07, 6.45) is 0. The van der Waals surface area contributed by atoms with Crippen molar-refractivity contribution >= 4 is 34.7 Å². The highest BCUT2D eigenvalue weighted by Gasteiger charge is 2.09. The van der Waals surface area contributed by atoms with Gasteiger partial charge in [-0.05, 0) is 30.9 Å². The lowest BCUT2D eigenvalue weighted by Crippen LogP contribution is -2.21. The molecule has 0 spiro atoms.